The maximum atomic E-state index is 6.04. The van der Waals surface area contributed by atoms with Gasteiger partial charge in [0.15, 0.2) is 0 Å². The summed E-state index contributed by atoms with van der Waals surface area (Å²) in [6, 6.07) is 12.3. The summed E-state index contributed by atoms with van der Waals surface area (Å²) in [5.74, 6) is 0.589. The Labute approximate surface area is 131 Å². The first-order valence-corrected chi connectivity index (χ1v) is 8.30. The molecule has 0 fully saturated rings. The SMILES string of the molecule is CCN(CC)CCc1cccc(N=C(N)c2cccs2)c1. The summed E-state index contributed by atoms with van der Waals surface area (Å²) < 4.78 is 0. The molecule has 0 saturated carbocycles. The van der Waals surface area contributed by atoms with E-state index in [0.717, 1.165) is 36.6 Å². The van der Waals surface area contributed by atoms with E-state index in [4.69, 9.17) is 5.73 Å². The highest BCUT2D eigenvalue weighted by Gasteiger charge is 2.02. The van der Waals surface area contributed by atoms with Crippen molar-refractivity contribution in [2.75, 3.05) is 19.6 Å². The lowest BCUT2D eigenvalue weighted by atomic mass is 10.1. The Balaban J connectivity index is 2.05. The zero-order chi connectivity index (χ0) is 15.1. The van der Waals surface area contributed by atoms with Crippen molar-refractivity contribution in [1.29, 1.82) is 0 Å². The highest BCUT2D eigenvalue weighted by atomic mass is 32.1. The van der Waals surface area contributed by atoms with Crippen LogP contribution in [-0.4, -0.2) is 30.4 Å². The molecular formula is C17H23N3S. The maximum absolute atomic E-state index is 6.04. The Morgan fingerprint density at radius 2 is 2.00 bits per heavy atom. The average Bonchev–Trinajstić information content (AvgIpc) is 3.03. The number of hydrogen-bond donors (Lipinski definition) is 1. The fourth-order valence-electron chi connectivity index (χ4n) is 2.23. The third-order valence-corrected chi connectivity index (χ3v) is 4.44. The minimum Gasteiger partial charge on any atom is -0.383 e. The number of hydrogen-bond acceptors (Lipinski definition) is 3. The van der Waals surface area contributed by atoms with E-state index in [1.54, 1.807) is 11.3 Å². The normalized spacial score (nSPS) is 12.0. The summed E-state index contributed by atoms with van der Waals surface area (Å²) in [5.41, 5.74) is 8.28. The Morgan fingerprint density at radius 1 is 1.19 bits per heavy atom. The lowest BCUT2D eigenvalue weighted by molar-refractivity contribution is 0.308. The van der Waals surface area contributed by atoms with E-state index in [0.29, 0.717) is 5.84 Å². The van der Waals surface area contributed by atoms with Crippen molar-refractivity contribution in [2.24, 2.45) is 10.7 Å². The van der Waals surface area contributed by atoms with Crippen molar-refractivity contribution in [3.8, 4) is 0 Å². The van der Waals surface area contributed by atoms with Gasteiger partial charge in [-0.15, -0.1) is 11.3 Å². The van der Waals surface area contributed by atoms with Crippen LogP contribution in [-0.2, 0) is 6.42 Å². The van der Waals surface area contributed by atoms with Gasteiger partial charge >= 0.3 is 0 Å². The molecule has 0 aliphatic rings. The van der Waals surface area contributed by atoms with Crippen LogP contribution in [0.3, 0.4) is 0 Å². The van der Waals surface area contributed by atoms with Crippen molar-refractivity contribution in [2.45, 2.75) is 20.3 Å². The monoisotopic (exact) mass is 301 g/mol. The molecule has 1 aromatic heterocycles. The standard InChI is InChI=1S/C17H23N3S/c1-3-20(4-2)11-10-14-7-5-8-15(13-14)19-17(18)16-9-6-12-21-16/h5-9,12-13H,3-4,10-11H2,1-2H3,(H2,18,19). The van der Waals surface area contributed by atoms with Crippen LogP contribution in [0.5, 0.6) is 0 Å². The second-order valence-electron chi connectivity index (χ2n) is 4.92. The van der Waals surface area contributed by atoms with Gasteiger partial charge in [0.1, 0.15) is 5.84 Å². The molecule has 1 heterocycles. The van der Waals surface area contributed by atoms with Crippen molar-refractivity contribution in [3.63, 3.8) is 0 Å². The van der Waals surface area contributed by atoms with Gasteiger partial charge in [-0.25, -0.2) is 4.99 Å². The molecule has 0 atom stereocenters. The predicted octanol–water partition coefficient (Wildman–Crippen LogP) is 3.67. The van der Waals surface area contributed by atoms with E-state index in [-0.39, 0.29) is 0 Å². The van der Waals surface area contributed by atoms with Gasteiger partial charge in [0.25, 0.3) is 0 Å². The zero-order valence-electron chi connectivity index (χ0n) is 12.7. The van der Waals surface area contributed by atoms with Crippen molar-refractivity contribution in [1.82, 2.24) is 4.90 Å². The van der Waals surface area contributed by atoms with Gasteiger partial charge in [-0.1, -0.05) is 32.0 Å². The van der Waals surface area contributed by atoms with Crippen LogP contribution in [0.4, 0.5) is 5.69 Å². The molecule has 3 nitrogen and oxygen atoms in total. The Morgan fingerprint density at radius 3 is 2.67 bits per heavy atom. The molecule has 1 aromatic carbocycles. The first-order chi connectivity index (χ1) is 10.2. The highest BCUT2D eigenvalue weighted by molar-refractivity contribution is 7.12. The summed E-state index contributed by atoms with van der Waals surface area (Å²) in [6.07, 6.45) is 1.05. The summed E-state index contributed by atoms with van der Waals surface area (Å²) in [4.78, 5) is 7.96. The van der Waals surface area contributed by atoms with Gasteiger partial charge in [0, 0.05) is 6.54 Å². The van der Waals surface area contributed by atoms with Gasteiger partial charge in [0.05, 0.1) is 10.6 Å². The molecule has 21 heavy (non-hydrogen) atoms. The van der Waals surface area contributed by atoms with Gasteiger partial charge in [-0.3, -0.25) is 0 Å². The third kappa shape index (κ3) is 4.69. The van der Waals surface area contributed by atoms with Gasteiger partial charge < -0.3 is 10.6 Å². The minimum absolute atomic E-state index is 0.589. The maximum Gasteiger partial charge on any atom is 0.141 e. The van der Waals surface area contributed by atoms with E-state index in [9.17, 15) is 0 Å². The van der Waals surface area contributed by atoms with Crippen molar-refractivity contribution in [3.05, 3.63) is 52.2 Å². The summed E-state index contributed by atoms with van der Waals surface area (Å²) in [6.45, 7) is 7.68. The van der Waals surface area contributed by atoms with E-state index in [1.165, 1.54) is 5.56 Å². The first kappa shape index (κ1) is 15.7. The van der Waals surface area contributed by atoms with Crippen molar-refractivity contribution < 1.29 is 0 Å². The molecule has 0 unspecified atom stereocenters. The second-order valence-corrected chi connectivity index (χ2v) is 5.87. The van der Waals surface area contributed by atoms with Gasteiger partial charge in [-0.05, 0) is 48.7 Å². The summed E-state index contributed by atoms with van der Waals surface area (Å²) in [7, 11) is 0. The number of likely N-dealkylation sites (N-methyl/N-ethyl adjacent to an activating group) is 1. The molecule has 0 aliphatic heterocycles. The quantitative estimate of drug-likeness (QED) is 0.626. The van der Waals surface area contributed by atoms with Gasteiger partial charge in [-0.2, -0.15) is 0 Å². The lowest BCUT2D eigenvalue weighted by Gasteiger charge is -2.17. The topological polar surface area (TPSA) is 41.6 Å². The number of rotatable bonds is 7. The second kappa shape index (κ2) is 7.96. The molecule has 0 amide bonds. The number of thiophene rings is 1. The Kier molecular flexibility index (Phi) is 5.96. The fourth-order valence-corrected chi connectivity index (χ4v) is 2.85. The van der Waals surface area contributed by atoms with Crippen LogP contribution < -0.4 is 5.73 Å². The highest BCUT2D eigenvalue weighted by Crippen LogP contribution is 2.17. The van der Waals surface area contributed by atoms with Crippen LogP contribution in [0.2, 0.25) is 0 Å². The Hall–Kier alpha value is -1.65. The molecule has 0 aliphatic carbocycles. The molecule has 0 spiro atoms. The Bertz CT molecular complexity index is 571. The lowest BCUT2D eigenvalue weighted by Crippen LogP contribution is -2.25. The average molecular weight is 301 g/mol. The van der Waals surface area contributed by atoms with Crippen LogP contribution in [0.25, 0.3) is 0 Å². The van der Waals surface area contributed by atoms with Crippen LogP contribution >= 0.6 is 11.3 Å². The van der Waals surface area contributed by atoms with E-state index < -0.39 is 0 Å². The summed E-state index contributed by atoms with van der Waals surface area (Å²) in [5, 5.41) is 2.01. The molecule has 4 heteroatoms. The largest absolute Gasteiger partial charge is 0.383 e. The molecule has 2 N–H and O–H groups in total. The number of benzene rings is 1. The fraction of sp³-hybridized carbons (Fsp3) is 0.353. The predicted molar refractivity (Wildman–Crippen MR) is 92.6 cm³/mol. The van der Waals surface area contributed by atoms with E-state index in [1.807, 2.05) is 23.6 Å². The van der Waals surface area contributed by atoms with E-state index in [2.05, 4.69) is 41.9 Å². The number of amidine groups is 1. The molecule has 2 rings (SSSR count). The molecule has 2 aromatic rings. The van der Waals surface area contributed by atoms with Crippen LogP contribution in [0.15, 0.2) is 46.8 Å². The number of aliphatic imine (C=N–C) groups is 1. The minimum atomic E-state index is 0.589. The molecule has 0 bridgehead atoms. The first-order valence-electron chi connectivity index (χ1n) is 7.42. The number of nitrogens with two attached hydrogens (primary N) is 1. The summed E-state index contributed by atoms with van der Waals surface area (Å²) >= 11 is 1.61. The third-order valence-electron chi connectivity index (χ3n) is 3.54. The van der Waals surface area contributed by atoms with Crippen LogP contribution in [0.1, 0.15) is 24.3 Å². The van der Waals surface area contributed by atoms with Crippen LogP contribution in [0, 0.1) is 0 Å². The molecule has 0 saturated heterocycles. The smallest absolute Gasteiger partial charge is 0.141 e. The molecular weight excluding hydrogens is 278 g/mol. The van der Waals surface area contributed by atoms with Gasteiger partial charge in [0.2, 0.25) is 0 Å². The zero-order valence-corrected chi connectivity index (χ0v) is 13.6. The number of nitrogens with zero attached hydrogens (tertiary/aromatic N) is 2. The molecule has 112 valence electrons. The van der Waals surface area contributed by atoms with E-state index >= 15 is 0 Å². The molecule has 0 radical (unpaired) electrons. The van der Waals surface area contributed by atoms with Crippen molar-refractivity contribution >= 4 is 22.9 Å².